The van der Waals surface area contributed by atoms with Crippen molar-refractivity contribution in [1.29, 1.82) is 0 Å². The van der Waals surface area contributed by atoms with Gasteiger partial charge in [0.05, 0.1) is 0 Å². The molecule has 1 heterocycles. The van der Waals surface area contributed by atoms with Crippen molar-refractivity contribution >= 4 is 17.5 Å². The molecule has 0 unspecified atom stereocenters. The highest BCUT2D eigenvalue weighted by Crippen LogP contribution is 2.24. The second-order valence-electron chi connectivity index (χ2n) is 5.48. The molecule has 1 aromatic rings. The Labute approximate surface area is 120 Å². The molecule has 0 bridgehead atoms. The van der Waals surface area contributed by atoms with Crippen LogP contribution in [0.2, 0.25) is 0 Å². The summed E-state index contributed by atoms with van der Waals surface area (Å²) in [6.45, 7) is 8.89. The van der Waals surface area contributed by atoms with Crippen molar-refractivity contribution < 1.29 is 4.79 Å². The first kappa shape index (κ1) is 16.2. The molecule has 6 heteroatoms. The molecular formula is C14H25N5O. The number of hydrogen-bond acceptors (Lipinski definition) is 5. The maximum atomic E-state index is 11.1. The normalized spacial score (nSPS) is 11.2. The zero-order valence-electron chi connectivity index (χ0n) is 12.8. The van der Waals surface area contributed by atoms with Gasteiger partial charge in [0, 0.05) is 24.1 Å². The van der Waals surface area contributed by atoms with E-state index >= 15 is 0 Å². The van der Waals surface area contributed by atoms with Crippen LogP contribution in [0, 0.1) is 0 Å². The van der Waals surface area contributed by atoms with Crippen molar-refractivity contribution in [3.8, 4) is 0 Å². The highest BCUT2D eigenvalue weighted by molar-refractivity contribution is 5.75. The fourth-order valence-corrected chi connectivity index (χ4v) is 2.05. The molecule has 1 aromatic heterocycles. The first-order chi connectivity index (χ1) is 9.39. The van der Waals surface area contributed by atoms with Crippen molar-refractivity contribution in [3.63, 3.8) is 0 Å². The van der Waals surface area contributed by atoms with E-state index in [0.717, 1.165) is 36.6 Å². The van der Waals surface area contributed by atoms with Crippen LogP contribution in [0.3, 0.4) is 0 Å². The van der Waals surface area contributed by atoms with Gasteiger partial charge in [-0.2, -0.15) is 0 Å². The maximum absolute atomic E-state index is 11.1. The Hall–Kier alpha value is -1.85. The summed E-state index contributed by atoms with van der Waals surface area (Å²) in [5.74, 6) is 1.27. The number of hydrogen-bond donors (Lipinski definition) is 3. The summed E-state index contributed by atoms with van der Waals surface area (Å²) in [6, 6.07) is 0. The minimum absolute atomic E-state index is 0.248. The number of amides is 1. The number of primary amides is 1. The second kappa shape index (κ2) is 7.07. The lowest BCUT2D eigenvalue weighted by Gasteiger charge is -2.27. The van der Waals surface area contributed by atoms with Gasteiger partial charge in [-0.1, -0.05) is 13.8 Å². The first-order valence-corrected chi connectivity index (χ1v) is 7.03. The Bertz CT molecular complexity index is 459. The Morgan fingerprint density at radius 1 is 1.30 bits per heavy atom. The van der Waals surface area contributed by atoms with Gasteiger partial charge in [0.15, 0.2) is 0 Å². The Morgan fingerprint density at radius 2 is 1.95 bits per heavy atom. The largest absolute Gasteiger partial charge is 0.370 e. The van der Waals surface area contributed by atoms with E-state index in [9.17, 15) is 4.79 Å². The topological polar surface area (TPSA) is 92.9 Å². The molecule has 1 amide bonds. The van der Waals surface area contributed by atoms with Gasteiger partial charge >= 0.3 is 0 Å². The van der Waals surface area contributed by atoms with Gasteiger partial charge in [-0.3, -0.25) is 4.79 Å². The standard InChI is InChI=1S/C14H25N5O/c1-5-7-16-12-10(6-2)13(18-9-17-12)19-14(3,4)8-11(15)20/h9H,5-8H2,1-4H3,(H2,15,20)(H2,16,17,18,19). The lowest BCUT2D eigenvalue weighted by molar-refractivity contribution is -0.118. The third kappa shape index (κ3) is 4.68. The minimum Gasteiger partial charge on any atom is -0.370 e. The van der Waals surface area contributed by atoms with E-state index < -0.39 is 5.54 Å². The summed E-state index contributed by atoms with van der Waals surface area (Å²) in [6.07, 6.45) is 3.61. The number of aromatic nitrogens is 2. The molecule has 0 aliphatic carbocycles. The molecule has 20 heavy (non-hydrogen) atoms. The van der Waals surface area contributed by atoms with Gasteiger partial charge in [0.1, 0.15) is 18.0 Å². The summed E-state index contributed by atoms with van der Waals surface area (Å²) < 4.78 is 0. The smallest absolute Gasteiger partial charge is 0.219 e. The Morgan fingerprint density at radius 3 is 2.50 bits per heavy atom. The lowest BCUT2D eigenvalue weighted by atomic mass is 10.00. The quantitative estimate of drug-likeness (QED) is 0.676. The molecule has 0 fully saturated rings. The molecule has 6 nitrogen and oxygen atoms in total. The molecule has 0 aliphatic heterocycles. The zero-order valence-corrected chi connectivity index (χ0v) is 12.8. The SMILES string of the molecule is CCCNc1ncnc(NC(C)(C)CC(N)=O)c1CC. The van der Waals surface area contributed by atoms with Gasteiger partial charge < -0.3 is 16.4 Å². The predicted molar refractivity (Wildman–Crippen MR) is 81.7 cm³/mol. The van der Waals surface area contributed by atoms with Gasteiger partial charge in [0.25, 0.3) is 0 Å². The minimum atomic E-state index is -0.438. The van der Waals surface area contributed by atoms with Crippen molar-refractivity contribution in [3.05, 3.63) is 11.9 Å². The summed E-state index contributed by atoms with van der Waals surface area (Å²) in [7, 11) is 0. The van der Waals surface area contributed by atoms with E-state index in [4.69, 9.17) is 5.73 Å². The van der Waals surface area contributed by atoms with Crippen LogP contribution in [0.15, 0.2) is 6.33 Å². The average molecular weight is 279 g/mol. The van der Waals surface area contributed by atoms with Crippen LogP contribution in [0.1, 0.15) is 46.1 Å². The number of anilines is 2. The van der Waals surface area contributed by atoms with E-state index in [2.05, 4.69) is 34.4 Å². The van der Waals surface area contributed by atoms with E-state index in [-0.39, 0.29) is 12.3 Å². The zero-order chi connectivity index (χ0) is 15.2. The number of carbonyl (C=O) groups is 1. The maximum Gasteiger partial charge on any atom is 0.219 e. The van der Waals surface area contributed by atoms with E-state index in [1.165, 1.54) is 6.33 Å². The van der Waals surface area contributed by atoms with Gasteiger partial charge in [-0.05, 0) is 26.7 Å². The van der Waals surface area contributed by atoms with Gasteiger partial charge in [-0.25, -0.2) is 9.97 Å². The first-order valence-electron chi connectivity index (χ1n) is 7.03. The number of nitrogens with one attached hydrogen (secondary N) is 2. The fraction of sp³-hybridized carbons (Fsp3) is 0.643. The van der Waals surface area contributed by atoms with Crippen LogP contribution in [0.5, 0.6) is 0 Å². The molecule has 0 saturated carbocycles. The molecule has 0 atom stereocenters. The van der Waals surface area contributed by atoms with E-state index in [1.54, 1.807) is 0 Å². The van der Waals surface area contributed by atoms with Gasteiger partial charge in [0.2, 0.25) is 5.91 Å². The van der Waals surface area contributed by atoms with E-state index in [0.29, 0.717) is 0 Å². The van der Waals surface area contributed by atoms with Crippen LogP contribution in [0.25, 0.3) is 0 Å². The van der Waals surface area contributed by atoms with E-state index in [1.807, 2.05) is 13.8 Å². The predicted octanol–water partition coefficient (Wildman–Crippen LogP) is 1.93. The fourth-order valence-electron chi connectivity index (χ4n) is 2.05. The van der Waals surface area contributed by atoms with Gasteiger partial charge in [-0.15, -0.1) is 0 Å². The molecule has 0 saturated heterocycles. The molecule has 0 radical (unpaired) electrons. The Balaban J connectivity index is 2.96. The van der Waals surface area contributed by atoms with Crippen LogP contribution in [-0.4, -0.2) is 28.0 Å². The molecule has 0 aliphatic rings. The molecule has 112 valence electrons. The average Bonchev–Trinajstić information content (AvgIpc) is 2.34. The van der Waals surface area contributed by atoms with Crippen LogP contribution >= 0.6 is 0 Å². The summed E-state index contributed by atoms with van der Waals surface area (Å²) in [5, 5.41) is 6.59. The highest BCUT2D eigenvalue weighted by Gasteiger charge is 2.22. The molecule has 1 rings (SSSR count). The lowest BCUT2D eigenvalue weighted by Crippen LogP contribution is -2.36. The third-order valence-electron chi connectivity index (χ3n) is 2.91. The van der Waals surface area contributed by atoms with Crippen LogP contribution in [-0.2, 0) is 11.2 Å². The van der Waals surface area contributed by atoms with Crippen LogP contribution < -0.4 is 16.4 Å². The highest BCUT2D eigenvalue weighted by atomic mass is 16.1. The van der Waals surface area contributed by atoms with Crippen molar-refractivity contribution in [2.45, 2.75) is 52.5 Å². The monoisotopic (exact) mass is 279 g/mol. The Kier molecular flexibility index (Phi) is 5.73. The molecule has 0 spiro atoms. The summed E-state index contributed by atoms with van der Waals surface area (Å²) in [5.41, 5.74) is 5.86. The number of nitrogens with zero attached hydrogens (tertiary/aromatic N) is 2. The number of carbonyl (C=O) groups excluding carboxylic acids is 1. The number of rotatable bonds is 8. The van der Waals surface area contributed by atoms with Crippen LogP contribution in [0.4, 0.5) is 11.6 Å². The molecule has 4 N–H and O–H groups in total. The summed E-state index contributed by atoms with van der Waals surface area (Å²) in [4.78, 5) is 19.7. The number of nitrogens with two attached hydrogens (primary N) is 1. The molecule has 0 aromatic carbocycles. The van der Waals surface area contributed by atoms with Crippen molar-refractivity contribution in [2.24, 2.45) is 5.73 Å². The third-order valence-corrected chi connectivity index (χ3v) is 2.91. The van der Waals surface area contributed by atoms with Crippen molar-refractivity contribution in [2.75, 3.05) is 17.2 Å². The molecular weight excluding hydrogens is 254 g/mol. The van der Waals surface area contributed by atoms with Crippen molar-refractivity contribution in [1.82, 2.24) is 9.97 Å². The summed E-state index contributed by atoms with van der Waals surface area (Å²) >= 11 is 0. The second-order valence-corrected chi connectivity index (χ2v) is 5.48.